The first-order valence-corrected chi connectivity index (χ1v) is 10.4. The van der Waals surface area contributed by atoms with E-state index in [0.29, 0.717) is 31.6 Å². The first-order chi connectivity index (χ1) is 11.7. The van der Waals surface area contributed by atoms with Crippen LogP contribution in [0.4, 0.5) is 13.6 Å². The molecule has 2 bridgehead atoms. The molecule has 6 nitrogen and oxygen atoms in total. The van der Waals surface area contributed by atoms with Crippen molar-refractivity contribution in [3.05, 3.63) is 0 Å². The molecule has 9 heteroatoms. The zero-order valence-electron chi connectivity index (χ0n) is 14.3. The van der Waals surface area contributed by atoms with Crippen LogP contribution in [0.3, 0.4) is 0 Å². The molecular weight excluding hydrogens is 356 g/mol. The lowest BCUT2D eigenvalue weighted by Crippen LogP contribution is -2.38. The van der Waals surface area contributed by atoms with Crippen LogP contribution in [0.5, 0.6) is 0 Å². The molecule has 0 aliphatic heterocycles. The maximum atomic E-state index is 13.0. The normalized spacial score (nSPS) is 26.0. The highest BCUT2D eigenvalue weighted by atomic mass is 32.2. The second-order valence-electron chi connectivity index (χ2n) is 7.19. The summed E-state index contributed by atoms with van der Waals surface area (Å²) in [5, 5.41) is -1.15. The van der Waals surface area contributed by atoms with Gasteiger partial charge in [0, 0.05) is 12.5 Å². The molecule has 146 valence electrons. The Hall–Kier alpha value is -0.960. The zero-order valence-corrected chi connectivity index (χ0v) is 15.1. The summed E-state index contributed by atoms with van der Waals surface area (Å²) in [6.07, 6.45) is 5.88. The maximum Gasteiger partial charge on any atom is 0.407 e. The summed E-state index contributed by atoms with van der Waals surface area (Å²) in [6.45, 7) is 0.286. The van der Waals surface area contributed by atoms with Gasteiger partial charge in [-0.25, -0.2) is 4.79 Å². The zero-order chi connectivity index (χ0) is 18.5. The SMILES string of the molecule is O=C(NC1CC2CCC1C2)OCCCCCCCC(F)(F)S(=O)(=O)O. The highest BCUT2D eigenvalue weighted by molar-refractivity contribution is 7.86. The summed E-state index contributed by atoms with van der Waals surface area (Å²) < 4.78 is 60.3. The predicted octanol–water partition coefficient (Wildman–Crippen LogP) is 3.72. The van der Waals surface area contributed by atoms with Gasteiger partial charge >= 0.3 is 21.5 Å². The second-order valence-corrected chi connectivity index (χ2v) is 8.74. The van der Waals surface area contributed by atoms with Crippen LogP contribution < -0.4 is 5.32 Å². The Morgan fingerprint density at radius 1 is 1.12 bits per heavy atom. The third-order valence-electron chi connectivity index (χ3n) is 5.26. The van der Waals surface area contributed by atoms with Gasteiger partial charge in [0.05, 0.1) is 6.61 Å². The molecule has 2 aliphatic carbocycles. The number of alkyl carbamates (subject to hydrolysis) is 1. The number of hydrogen-bond donors (Lipinski definition) is 2. The lowest BCUT2D eigenvalue weighted by Gasteiger charge is -2.22. The quantitative estimate of drug-likeness (QED) is 0.443. The third kappa shape index (κ3) is 6.06. The summed E-state index contributed by atoms with van der Waals surface area (Å²) in [5.41, 5.74) is 0. The fourth-order valence-electron chi connectivity index (χ4n) is 3.87. The molecule has 0 heterocycles. The number of fused-ring (bicyclic) bond motifs is 2. The van der Waals surface area contributed by atoms with E-state index in [1.165, 1.54) is 19.3 Å². The minimum atomic E-state index is -5.32. The van der Waals surface area contributed by atoms with Gasteiger partial charge in [-0.1, -0.05) is 25.7 Å². The maximum absolute atomic E-state index is 13.0. The molecule has 0 aromatic carbocycles. The van der Waals surface area contributed by atoms with Gasteiger partial charge in [0.15, 0.2) is 0 Å². The largest absolute Gasteiger partial charge is 0.450 e. The number of halogens is 2. The van der Waals surface area contributed by atoms with Gasteiger partial charge in [0.25, 0.3) is 0 Å². The number of carbonyl (C=O) groups excluding carboxylic acids is 1. The number of hydrogen-bond acceptors (Lipinski definition) is 4. The first-order valence-electron chi connectivity index (χ1n) is 8.97. The van der Waals surface area contributed by atoms with E-state index in [1.54, 1.807) is 0 Å². The van der Waals surface area contributed by atoms with Crippen molar-refractivity contribution in [2.75, 3.05) is 6.61 Å². The molecule has 2 fully saturated rings. The minimum Gasteiger partial charge on any atom is -0.450 e. The highest BCUT2D eigenvalue weighted by Gasteiger charge is 2.43. The Morgan fingerprint density at radius 2 is 1.80 bits per heavy atom. The van der Waals surface area contributed by atoms with Gasteiger partial charge in [0.1, 0.15) is 0 Å². The van der Waals surface area contributed by atoms with Crippen LogP contribution in [0.15, 0.2) is 0 Å². The molecule has 0 saturated heterocycles. The van der Waals surface area contributed by atoms with E-state index in [-0.39, 0.29) is 25.2 Å². The van der Waals surface area contributed by atoms with E-state index in [4.69, 9.17) is 9.29 Å². The molecule has 1 amide bonds. The molecule has 2 aliphatic rings. The number of nitrogens with one attached hydrogen (secondary N) is 1. The van der Waals surface area contributed by atoms with Gasteiger partial charge < -0.3 is 10.1 Å². The van der Waals surface area contributed by atoms with Gasteiger partial charge in [-0.15, -0.1) is 0 Å². The third-order valence-corrected chi connectivity index (χ3v) is 6.22. The van der Waals surface area contributed by atoms with E-state index >= 15 is 0 Å². The van der Waals surface area contributed by atoms with Crippen molar-refractivity contribution in [2.45, 2.75) is 75.5 Å². The topological polar surface area (TPSA) is 92.7 Å². The summed E-state index contributed by atoms with van der Waals surface area (Å²) in [4.78, 5) is 11.7. The molecule has 0 spiro atoms. The Bertz CT molecular complexity index is 555. The van der Waals surface area contributed by atoms with Crippen LogP contribution in [0.1, 0.15) is 64.2 Å². The van der Waals surface area contributed by atoms with Crippen molar-refractivity contribution in [1.82, 2.24) is 5.32 Å². The van der Waals surface area contributed by atoms with Crippen LogP contribution in [0.2, 0.25) is 0 Å². The number of unbranched alkanes of at least 4 members (excludes halogenated alkanes) is 4. The van der Waals surface area contributed by atoms with Crippen LogP contribution in [-0.2, 0) is 14.9 Å². The van der Waals surface area contributed by atoms with E-state index in [2.05, 4.69) is 5.32 Å². The minimum absolute atomic E-state index is 0.0123. The Morgan fingerprint density at radius 3 is 2.40 bits per heavy atom. The second kappa shape index (κ2) is 8.62. The summed E-state index contributed by atoms with van der Waals surface area (Å²) in [7, 11) is -5.32. The average Bonchev–Trinajstić information content (AvgIpc) is 3.11. The van der Waals surface area contributed by atoms with Crippen molar-refractivity contribution in [1.29, 1.82) is 0 Å². The molecule has 3 atom stereocenters. The molecule has 2 rings (SSSR count). The Labute approximate surface area is 147 Å². The smallest absolute Gasteiger partial charge is 0.407 e. The van der Waals surface area contributed by atoms with Crippen molar-refractivity contribution in [3.63, 3.8) is 0 Å². The van der Waals surface area contributed by atoms with Crippen LogP contribution in [0.25, 0.3) is 0 Å². The van der Waals surface area contributed by atoms with Gasteiger partial charge in [0.2, 0.25) is 0 Å². The lowest BCUT2D eigenvalue weighted by molar-refractivity contribution is 0.0682. The van der Waals surface area contributed by atoms with E-state index in [1.807, 2.05) is 0 Å². The summed E-state index contributed by atoms with van der Waals surface area (Å²) in [6, 6.07) is 0.246. The van der Waals surface area contributed by atoms with Crippen LogP contribution in [0, 0.1) is 11.8 Å². The van der Waals surface area contributed by atoms with Crippen molar-refractivity contribution >= 4 is 16.2 Å². The number of amides is 1. The van der Waals surface area contributed by atoms with Crippen LogP contribution in [-0.4, -0.2) is 37.0 Å². The molecule has 0 radical (unpaired) electrons. The molecule has 2 saturated carbocycles. The molecule has 0 aromatic heterocycles. The lowest BCUT2D eigenvalue weighted by atomic mass is 9.96. The predicted molar refractivity (Wildman–Crippen MR) is 87.9 cm³/mol. The van der Waals surface area contributed by atoms with Crippen molar-refractivity contribution in [2.24, 2.45) is 11.8 Å². The Balaban J connectivity index is 1.45. The number of alkyl halides is 2. The molecule has 3 unspecified atom stereocenters. The molecule has 2 N–H and O–H groups in total. The molecular formula is C16H27F2NO5S. The monoisotopic (exact) mass is 383 g/mol. The summed E-state index contributed by atoms with van der Waals surface area (Å²) in [5.74, 6) is 1.35. The number of ether oxygens (including phenoxy) is 1. The Kier molecular flexibility index (Phi) is 7.01. The number of carbonyl (C=O) groups is 1. The summed E-state index contributed by atoms with van der Waals surface area (Å²) >= 11 is 0. The molecule has 0 aromatic rings. The van der Waals surface area contributed by atoms with E-state index in [9.17, 15) is 22.0 Å². The van der Waals surface area contributed by atoms with Crippen molar-refractivity contribution in [3.8, 4) is 0 Å². The fourth-order valence-corrected chi connectivity index (χ4v) is 4.27. The highest BCUT2D eigenvalue weighted by Crippen LogP contribution is 2.44. The van der Waals surface area contributed by atoms with Gasteiger partial charge in [-0.05, 0) is 43.9 Å². The first kappa shape index (κ1) is 20.4. The standard InChI is InChI=1S/C16H27F2NO5S/c17-16(18,25(21,22)23)8-4-2-1-3-5-9-24-15(20)19-14-11-12-6-7-13(14)10-12/h12-14H,1-11H2,(H,19,20)(H,21,22,23). The van der Waals surface area contributed by atoms with Gasteiger partial charge in [-0.3, -0.25) is 4.55 Å². The van der Waals surface area contributed by atoms with Crippen molar-refractivity contribution < 1.29 is 31.3 Å². The molecule has 25 heavy (non-hydrogen) atoms. The van der Waals surface area contributed by atoms with E-state index in [0.717, 1.165) is 12.3 Å². The number of rotatable bonds is 10. The average molecular weight is 383 g/mol. The fraction of sp³-hybridized carbons (Fsp3) is 0.938. The van der Waals surface area contributed by atoms with Gasteiger partial charge in [-0.2, -0.15) is 17.2 Å². The van der Waals surface area contributed by atoms with E-state index < -0.39 is 21.8 Å². The van der Waals surface area contributed by atoms with Crippen LogP contribution >= 0.6 is 0 Å².